The largest absolute Gasteiger partial charge is 0.296 e. The molecule has 0 radical (unpaired) electrons. The summed E-state index contributed by atoms with van der Waals surface area (Å²) >= 11 is 0. The predicted molar refractivity (Wildman–Crippen MR) is 196 cm³/mol. The number of nitrogens with zero attached hydrogens (tertiary/aromatic N) is 6. The Hall–Kier alpha value is -6.47. The van der Waals surface area contributed by atoms with Crippen molar-refractivity contribution in [3.05, 3.63) is 152 Å². The number of hydrogen-bond acceptors (Lipinski definition) is 4. The topological polar surface area (TPSA) is 51.8 Å². The Bertz CT molecular complexity index is 2730. The summed E-state index contributed by atoms with van der Waals surface area (Å²) in [6.07, 6.45) is 5.67. The number of pyridine rings is 3. The Morgan fingerprint density at radius 3 is 2.06 bits per heavy atom. The monoisotopic (exact) mass is 612 g/mol. The van der Waals surface area contributed by atoms with Crippen LogP contribution in [0.1, 0.15) is 0 Å². The molecule has 0 amide bonds. The molecule has 2 aliphatic heterocycles. The first-order chi connectivity index (χ1) is 23.9. The van der Waals surface area contributed by atoms with Crippen molar-refractivity contribution in [2.45, 2.75) is 0 Å². The molecule has 7 heteroatoms. The zero-order valence-corrected chi connectivity index (χ0v) is 25.7. The molecule has 222 valence electrons. The van der Waals surface area contributed by atoms with Crippen molar-refractivity contribution in [2.24, 2.45) is 0 Å². The van der Waals surface area contributed by atoms with Crippen LogP contribution < -0.4 is 21.3 Å². The van der Waals surface area contributed by atoms with Crippen LogP contribution in [0.3, 0.4) is 0 Å². The minimum Gasteiger partial charge on any atom is -0.296 e. The van der Waals surface area contributed by atoms with E-state index in [0.29, 0.717) is 0 Å². The average Bonchev–Trinajstić information content (AvgIpc) is 3.68. The molecule has 7 heterocycles. The van der Waals surface area contributed by atoms with Crippen LogP contribution in [0.15, 0.2) is 152 Å². The maximum absolute atomic E-state index is 5.07. The van der Waals surface area contributed by atoms with Gasteiger partial charge in [-0.05, 0) is 83.1 Å². The van der Waals surface area contributed by atoms with Gasteiger partial charge in [-0.15, -0.1) is 0 Å². The SMILES string of the molecule is c1ccc(N2c3cc(-c4ccccn4)cc4c3B(c3cccnc32)c2cccc3c5c6cccnc6n(-c6ccccc6)c5n-4c23)cc1. The molecule has 0 atom stereocenters. The Balaban J connectivity index is 1.38. The van der Waals surface area contributed by atoms with Crippen molar-refractivity contribution in [1.29, 1.82) is 0 Å². The molecule has 0 unspecified atom stereocenters. The van der Waals surface area contributed by atoms with Crippen LogP contribution in [-0.2, 0) is 0 Å². The van der Waals surface area contributed by atoms with E-state index in [9.17, 15) is 0 Å². The fourth-order valence-corrected chi connectivity index (χ4v) is 8.21. The van der Waals surface area contributed by atoms with Crippen LogP contribution in [0.25, 0.3) is 55.6 Å². The van der Waals surface area contributed by atoms with E-state index in [1.807, 2.05) is 30.7 Å². The number of rotatable bonds is 3. The lowest BCUT2D eigenvalue weighted by atomic mass is 9.34. The van der Waals surface area contributed by atoms with E-state index in [2.05, 4.69) is 135 Å². The molecule has 48 heavy (non-hydrogen) atoms. The molecular formula is C41H25BN6. The van der Waals surface area contributed by atoms with Gasteiger partial charge in [0.25, 0.3) is 6.71 Å². The van der Waals surface area contributed by atoms with E-state index in [1.54, 1.807) is 0 Å². The van der Waals surface area contributed by atoms with Gasteiger partial charge in [0.15, 0.2) is 0 Å². The molecule has 2 aliphatic rings. The molecule has 0 fully saturated rings. The molecule has 4 aromatic carbocycles. The third-order valence-corrected chi connectivity index (χ3v) is 10.0. The second-order valence-electron chi connectivity index (χ2n) is 12.5. The lowest BCUT2D eigenvalue weighted by molar-refractivity contribution is 1.05. The minimum absolute atomic E-state index is 0.00113. The van der Waals surface area contributed by atoms with E-state index in [1.165, 1.54) is 32.7 Å². The fraction of sp³-hybridized carbons (Fsp3) is 0. The maximum Gasteiger partial charge on any atom is 0.254 e. The number of hydrogen-bond donors (Lipinski definition) is 0. The van der Waals surface area contributed by atoms with Gasteiger partial charge in [0, 0.05) is 63.1 Å². The summed E-state index contributed by atoms with van der Waals surface area (Å²) in [4.78, 5) is 17.2. The van der Waals surface area contributed by atoms with Crippen molar-refractivity contribution < 1.29 is 0 Å². The first-order valence-electron chi connectivity index (χ1n) is 16.2. The van der Waals surface area contributed by atoms with Gasteiger partial charge in [0.1, 0.15) is 17.1 Å². The van der Waals surface area contributed by atoms with Gasteiger partial charge in [0.05, 0.1) is 11.2 Å². The number of anilines is 3. The fourth-order valence-electron chi connectivity index (χ4n) is 8.21. The van der Waals surface area contributed by atoms with Crippen LogP contribution in [0.2, 0.25) is 0 Å². The van der Waals surface area contributed by atoms with Crippen molar-refractivity contribution in [1.82, 2.24) is 24.1 Å². The van der Waals surface area contributed by atoms with Gasteiger partial charge in [0.2, 0.25) is 0 Å². The summed E-state index contributed by atoms with van der Waals surface area (Å²) in [7, 11) is 0. The Morgan fingerprint density at radius 2 is 1.23 bits per heavy atom. The second-order valence-corrected chi connectivity index (χ2v) is 12.5. The highest BCUT2D eigenvalue weighted by molar-refractivity contribution is 7.00. The van der Waals surface area contributed by atoms with E-state index in [0.717, 1.165) is 56.5 Å². The Morgan fingerprint density at radius 1 is 0.521 bits per heavy atom. The molecule has 0 saturated carbocycles. The molecular weight excluding hydrogens is 587 g/mol. The third-order valence-electron chi connectivity index (χ3n) is 10.0. The molecule has 9 aromatic rings. The number of fused-ring (bicyclic) bond motifs is 9. The Kier molecular flexibility index (Phi) is 5.10. The minimum atomic E-state index is 0.00113. The standard InChI is InChI=1S/C41H25BN6/c1-3-12-27(13-4-1)46-34-24-26(33-20-7-8-21-43-33)25-35-37(34)42(32-19-11-23-45-40(32)46)31-18-9-16-29-36-30-17-10-22-44-39(30)47(28-14-5-2-6-15-28)41(36)48(35)38(29)31/h1-25H. The van der Waals surface area contributed by atoms with E-state index >= 15 is 0 Å². The first-order valence-corrected chi connectivity index (χ1v) is 16.2. The summed E-state index contributed by atoms with van der Waals surface area (Å²) in [5.74, 6) is 0.954. The molecule has 11 rings (SSSR count). The highest BCUT2D eigenvalue weighted by Gasteiger charge is 2.43. The van der Waals surface area contributed by atoms with Crippen LogP contribution in [0, 0.1) is 0 Å². The zero-order valence-electron chi connectivity index (χ0n) is 25.7. The third kappa shape index (κ3) is 3.29. The summed E-state index contributed by atoms with van der Waals surface area (Å²) in [6.45, 7) is 0.00113. The number of aromatic nitrogens is 5. The van der Waals surface area contributed by atoms with Crippen LogP contribution in [-0.4, -0.2) is 30.8 Å². The van der Waals surface area contributed by atoms with Crippen LogP contribution >= 0.6 is 0 Å². The van der Waals surface area contributed by atoms with Crippen molar-refractivity contribution in [3.8, 4) is 22.6 Å². The number of para-hydroxylation sites is 3. The normalized spacial score (nSPS) is 12.9. The molecule has 0 bridgehead atoms. The van der Waals surface area contributed by atoms with Gasteiger partial charge in [-0.25, -0.2) is 9.97 Å². The quantitative estimate of drug-likeness (QED) is 0.198. The smallest absolute Gasteiger partial charge is 0.254 e. The molecule has 6 nitrogen and oxygen atoms in total. The summed E-state index contributed by atoms with van der Waals surface area (Å²) in [5.41, 5.74) is 13.4. The predicted octanol–water partition coefficient (Wildman–Crippen LogP) is 7.19. The van der Waals surface area contributed by atoms with E-state index in [4.69, 9.17) is 15.0 Å². The van der Waals surface area contributed by atoms with Crippen LogP contribution in [0.4, 0.5) is 17.2 Å². The van der Waals surface area contributed by atoms with Gasteiger partial charge in [-0.3, -0.25) is 19.0 Å². The summed E-state index contributed by atoms with van der Waals surface area (Å²) in [5, 5.41) is 3.57. The van der Waals surface area contributed by atoms with Crippen LogP contribution in [0.5, 0.6) is 0 Å². The lowest BCUT2D eigenvalue weighted by Gasteiger charge is -2.39. The zero-order chi connectivity index (χ0) is 31.3. The van der Waals surface area contributed by atoms with E-state index in [-0.39, 0.29) is 6.71 Å². The number of benzene rings is 4. The average molecular weight is 613 g/mol. The molecule has 0 N–H and O–H groups in total. The molecule has 0 spiro atoms. The van der Waals surface area contributed by atoms with Crippen molar-refractivity contribution in [2.75, 3.05) is 4.90 Å². The van der Waals surface area contributed by atoms with Gasteiger partial charge >= 0.3 is 0 Å². The molecule has 0 saturated heterocycles. The molecule has 0 aliphatic carbocycles. The first kappa shape index (κ1) is 25.7. The van der Waals surface area contributed by atoms with Crippen molar-refractivity contribution in [3.63, 3.8) is 0 Å². The second kappa shape index (κ2) is 9.53. The van der Waals surface area contributed by atoms with Crippen molar-refractivity contribution >= 4 is 73.3 Å². The summed E-state index contributed by atoms with van der Waals surface area (Å²) < 4.78 is 4.84. The Labute approximate surface area is 276 Å². The summed E-state index contributed by atoms with van der Waals surface area (Å²) in [6, 6.07) is 47.3. The van der Waals surface area contributed by atoms with Gasteiger partial charge in [-0.1, -0.05) is 66.7 Å². The highest BCUT2D eigenvalue weighted by Crippen LogP contribution is 2.44. The van der Waals surface area contributed by atoms with Gasteiger partial charge in [-0.2, -0.15) is 0 Å². The van der Waals surface area contributed by atoms with E-state index < -0.39 is 0 Å². The lowest BCUT2D eigenvalue weighted by Crippen LogP contribution is -2.60. The maximum atomic E-state index is 5.07. The molecule has 5 aromatic heterocycles. The highest BCUT2D eigenvalue weighted by atomic mass is 15.2. The van der Waals surface area contributed by atoms with Gasteiger partial charge < -0.3 is 0 Å².